The molecule has 5 nitrogen and oxygen atoms in total. The Morgan fingerprint density at radius 1 is 1.03 bits per heavy atom. The quantitative estimate of drug-likeness (QED) is 0.612. The van der Waals surface area contributed by atoms with Crippen LogP contribution in [0.3, 0.4) is 0 Å². The smallest absolute Gasteiger partial charge is 0.319 e. The van der Waals surface area contributed by atoms with Gasteiger partial charge >= 0.3 is 6.03 Å². The van der Waals surface area contributed by atoms with Crippen LogP contribution in [0.1, 0.15) is 16.7 Å². The van der Waals surface area contributed by atoms with E-state index in [2.05, 4.69) is 5.32 Å². The SMILES string of the molecule is O=C(NCc1ccccc1)N1CCS[C@]12C(=O)N(Cc1ccc(F)cc1F)c1ccccc12. The van der Waals surface area contributed by atoms with E-state index < -0.39 is 16.5 Å². The summed E-state index contributed by atoms with van der Waals surface area (Å²) in [7, 11) is 0. The van der Waals surface area contributed by atoms with Crippen molar-refractivity contribution in [1.29, 1.82) is 0 Å². The lowest BCUT2D eigenvalue weighted by Crippen LogP contribution is -2.53. The highest BCUT2D eigenvalue weighted by atomic mass is 32.2. The maximum Gasteiger partial charge on any atom is 0.319 e. The normalized spacial score (nSPS) is 19.3. The minimum atomic E-state index is -1.21. The summed E-state index contributed by atoms with van der Waals surface area (Å²) in [6.45, 7) is 0.700. The molecule has 1 atom stereocenters. The Hall–Kier alpha value is -3.39. The predicted molar refractivity (Wildman–Crippen MR) is 124 cm³/mol. The summed E-state index contributed by atoms with van der Waals surface area (Å²) in [5, 5.41) is 2.92. The number of fused-ring (bicyclic) bond motifs is 2. The topological polar surface area (TPSA) is 52.7 Å². The van der Waals surface area contributed by atoms with Crippen LogP contribution in [0.5, 0.6) is 0 Å². The molecular weight excluding hydrogens is 444 g/mol. The molecule has 0 aliphatic carbocycles. The number of hydrogen-bond donors (Lipinski definition) is 1. The minimum Gasteiger partial charge on any atom is -0.334 e. The molecule has 168 valence electrons. The molecule has 8 heteroatoms. The third kappa shape index (κ3) is 3.64. The second-order valence-electron chi connectivity index (χ2n) is 7.93. The van der Waals surface area contributed by atoms with Gasteiger partial charge in [0.15, 0.2) is 4.87 Å². The van der Waals surface area contributed by atoms with E-state index in [4.69, 9.17) is 0 Å². The number of halogens is 2. The molecule has 0 saturated carbocycles. The van der Waals surface area contributed by atoms with Gasteiger partial charge in [-0.15, -0.1) is 11.8 Å². The summed E-state index contributed by atoms with van der Waals surface area (Å²) in [6, 6.07) is 19.8. The molecule has 1 N–H and O–H groups in total. The Bertz CT molecular complexity index is 1220. The molecule has 33 heavy (non-hydrogen) atoms. The highest BCUT2D eigenvalue weighted by Crippen LogP contribution is 2.54. The second kappa shape index (κ2) is 8.51. The summed E-state index contributed by atoms with van der Waals surface area (Å²) in [5.41, 5.74) is 2.49. The summed E-state index contributed by atoms with van der Waals surface area (Å²) in [4.78, 5) is 28.9. The number of urea groups is 1. The van der Waals surface area contributed by atoms with Gasteiger partial charge in [0.1, 0.15) is 11.6 Å². The van der Waals surface area contributed by atoms with Crippen molar-refractivity contribution < 1.29 is 18.4 Å². The van der Waals surface area contributed by atoms with Crippen molar-refractivity contribution in [2.45, 2.75) is 18.0 Å². The molecule has 3 aromatic carbocycles. The number of nitrogens with zero attached hydrogens (tertiary/aromatic N) is 2. The van der Waals surface area contributed by atoms with Crippen molar-refractivity contribution in [3.05, 3.63) is 101 Å². The molecule has 1 fully saturated rings. The lowest BCUT2D eigenvalue weighted by molar-refractivity contribution is -0.123. The fourth-order valence-corrected chi connectivity index (χ4v) is 5.88. The van der Waals surface area contributed by atoms with Crippen molar-refractivity contribution in [3.8, 4) is 0 Å². The van der Waals surface area contributed by atoms with Gasteiger partial charge in [-0.2, -0.15) is 0 Å². The van der Waals surface area contributed by atoms with Crippen LogP contribution >= 0.6 is 11.8 Å². The van der Waals surface area contributed by atoms with Crippen LogP contribution in [-0.2, 0) is 22.8 Å². The predicted octanol–water partition coefficient (Wildman–Crippen LogP) is 4.62. The van der Waals surface area contributed by atoms with E-state index >= 15 is 0 Å². The number of amides is 3. The van der Waals surface area contributed by atoms with E-state index in [1.54, 1.807) is 17.0 Å². The molecule has 3 aromatic rings. The number of carbonyl (C=O) groups excluding carboxylic acids is 2. The van der Waals surface area contributed by atoms with Gasteiger partial charge in [0.25, 0.3) is 5.91 Å². The van der Waals surface area contributed by atoms with Crippen LogP contribution in [0.25, 0.3) is 0 Å². The second-order valence-corrected chi connectivity index (χ2v) is 9.22. The van der Waals surface area contributed by atoms with E-state index in [0.717, 1.165) is 11.6 Å². The van der Waals surface area contributed by atoms with Gasteiger partial charge in [-0.25, -0.2) is 13.6 Å². The first-order valence-electron chi connectivity index (χ1n) is 10.6. The van der Waals surface area contributed by atoms with E-state index in [0.29, 0.717) is 30.1 Å². The zero-order valence-electron chi connectivity index (χ0n) is 17.6. The number of anilines is 1. The van der Waals surface area contributed by atoms with Gasteiger partial charge < -0.3 is 10.2 Å². The molecule has 0 bridgehead atoms. The van der Waals surface area contributed by atoms with Gasteiger partial charge in [0, 0.05) is 36.0 Å². The Balaban J connectivity index is 1.46. The Kier molecular flexibility index (Phi) is 5.54. The van der Waals surface area contributed by atoms with E-state index in [9.17, 15) is 18.4 Å². The summed E-state index contributed by atoms with van der Waals surface area (Å²) in [5.74, 6) is -1.09. The third-order valence-corrected chi connectivity index (χ3v) is 7.40. The molecule has 0 unspecified atom stereocenters. The van der Waals surface area contributed by atoms with Gasteiger partial charge in [-0.05, 0) is 17.7 Å². The number of carbonyl (C=O) groups is 2. The zero-order chi connectivity index (χ0) is 23.0. The fraction of sp³-hybridized carbons (Fsp3) is 0.200. The van der Waals surface area contributed by atoms with Crippen molar-refractivity contribution in [2.24, 2.45) is 0 Å². The minimum absolute atomic E-state index is 0.0518. The molecular formula is C25H21F2N3O2S. The van der Waals surface area contributed by atoms with Crippen molar-refractivity contribution >= 4 is 29.4 Å². The molecule has 5 rings (SSSR count). The highest BCUT2D eigenvalue weighted by molar-refractivity contribution is 8.01. The molecule has 0 radical (unpaired) electrons. The standard InChI is InChI=1S/C25H21F2N3O2S/c26-19-11-10-18(21(27)14-19)16-29-22-9-5-4-8-20(22)25(23(29)31)30(12-13-33-25)24(32)28-15-17-6-2-1-3-7-17/h1-11,14H,12-13,15-16H2,(H,28,32)/t25-/m1/s1. The molecule has 1 saturated heterocycles. The van der Waals surface area contributed by atoms with Crippen LogP contribution in [0, 0.1) is 11.6 Å². The highest BCUT2D eigenvalue weighted by Gasteiger charge is 2.59. The maximum absolute atomic E-state index is 14.4. The zero-order valence-corrected chi connectivity index (χ0v) is 18.4. The fourth-order valence-electron chi connectivity index (χ4n) is 4.41. The largest absolute Gasteiger partial charge is 0.334 e. The summed E-state index contributed by atoms with van der Waals surface area (Å²) < 4.78 is 27.8. The number of para-hydroxylation sites is 1. The van der Waals surface area contributed by atoms with Crippen LogP contribution in [0.2, 0.25) is 0 Å². The Morgan fingerprint density at radius 2 is 1.79 bits per heavy atom. The van der Waals surface area contributed by atoms with Gasteiger partial charge in [-0.3, -0.25) is 9.69 Å². The first-order valence-corrected chi connectivity index (χ1v) is 11.6. The van der Waals surface area contributed by atoms with E-state index in [-0.39, 0.29) is 24.0 Å². The van der Waals surface area contributed by atoms with E-state index in [1.807, 2.05) is 42.5 Å². The number of nitrogens with one attached hydrogen (secondary N) is 1. The Morgan fingerprint density at radius 3 is 2.58 bits per heavy atom. The maximum atomic E-state index is 14.4. The average molecular weight is 466 g/mol. The van der Waals surface area contributed by atoms with Crippen molar-refractivity contribution in [2.75, 3.05) is 17.2 Å². The summed E-state index contributed by atoms with van der Waals surface area (Å²) >= 11 is 1.40. The van der Waals surface area contributed by atoms with E-state index in [1.165, 1.54) is 28.8 Å². The molecule has 2 heterocycles. The molecule has 3 amide bonds. The lowest BCUT2D eigenvalue weighted by atomic mass is 10.1. The van der Waals surface area contributed by atoms with Gasteiger partial charge in [0.05, 0.1) is 12.2 Å². The number of rotatable bonds is 4. The van der Waals surface area contributed by atoms with Crippen LogP contribution in [-0.4, -0.2) is 29.1 Å². The average Bonchev–Trinajstić information content (AvgIpc) is 3.37. The molecule has 2 aliphatic rings. The number of thioether (sulfide) groups is 1. The molecule has 2 aliphatic heterocycles. The first-order chi connectivity index (χ1) is 16.0. The lowest BCUT2D eigenvalue weighted by Gasteiger charge is -2.33. The molecule has 0 aromatic heterocycles. The van der Waals surface area contributed by atoms with Crippen molar-refractivity contribution in [3.63, 3.8) is 0 Å². The first kappa shape index (κ1) is 21.5. The van der Waals surface area contributed by atoms with Crippen LogP contribution in [0.4, 0.5) is 19.3 Å². The van der Waals surface area contributed by atoms with Crippen molar-refractivity contribution in [1.82, 2.24) is 10.2 Å². The van der Waals surface area contributed by atoms with Gasteiger partial charge in [-0.1, -0.05) is 54.6 Å². The summed E-state index contributed by atoms with van der Waals surface area (Å²) in [6.07, 6.45) is 0. The third-order valence-electron chi connectivity index (χ3n) is 5.98. The van der Waals surface area contributed by atoms with Gasteiger partial charge in [0.2, 0.25) is 0 Å². The monoisotopic (exact) mass is 465 g/mol. The number of hydrogen-bond acceptors (Lipinski definition) is 3. The van der Waals surface area contributed by atoms with Crippen LogP contribution in [0.15, 0.2) is 72.8 Å². The molecule has 1 spiro atoms. The van der Waals surface area contributed by atoms with Crippen LogP contribution < -0.4 is 10.2 Å². The Labute approximate surface area is 194 Å². The number of benzene rings is 3.